The van der Waals surface area contributed by atoms with Crippen LogP contribution in [0, 0.1) is 0 Å². The number of hydrogen-bond acceptors (Lipinski definition) is 2. The average Bonchev–Trinajstić information content (AvgIpc) is 2.66. The van der Waals surface area contributed by atoms with Gasteiger partial charge in [-0.1, -0.05) is 25.0 Å². The number of likely N-dealkylation sites (tertiary alicyclic amines) is 1. The van der Waals surface area contributed by atoms with Crippen molar-refractivity contribution in [3.8, 4) is 0 Å². The smallest absolute Gasteiger partial charge is 0.416 e. The predicted octanol–water partition coefficient (Wildman–Crippen LogP) is 5.88. The summed E-state index contributed by atoms with van der Waals surface area (Å²) in [6, 6.07) is 5.43. The number of ether oxygens (including phenoxy) is 1. The van der Waals surface area contributed by atoms with E-state index >= 15 is 0 Å². The Labute approximate surface area is 154 Å². The number of nitrogens with zero attached hydrogens (tertiary/aromatic N) is 1. The molecule has 1 aliphatic carbocycles. The maximum Gasteiger partial charge on any atom is 0.416 e. The van der Waals surface area contributed by atoms with E-state index in [9.17, 15) is 13.2 Å². The monoisotopic (exact) mass is 367 g/mol. The second-order valence-corrected chi connectivity index (χ2v) is 7.32. The van der Waals surface area contributed by atoms with Crippen molar-refractivity contribution in [1.29, 1.82) is 0 Å². The number of piperidine rings is 1. The van der Waals surface area contributed by atoms with Crippen molar-refractivity contribution in [2.24, 2.45) is 0 Å². The molecule has 1 heterocycles. The molecule has 1 saturated heterocycles. The molecule has 0 bridgehead atoms. The number of hydrogen-bond donors (Lipinski definition) is 0. The van der Waals surface area contributed by atoms with Gasteiger partial charge in [0, 0.05) is 12.1 Å². The van der Waals surface area contributed by atoms with Gasteiger partial charge >= 0.3 is 6.18 Å². The Hall–Kier alpha value is -1.49. The number of halogens is 3. The Bertz CT molecular complexity index is 593. The maximum atomic E-state index is 12.8. The van der Waals surface area contributed by atoms with Crippen LogP contribution in [0.5, 0.6) is 0 Å². The largest absolute Gasteiger partial charge is 0.492 e. The third kappa shape index (κ3) is 5.26. The summed E-state index contributed by atoms with van der Waals surface area (Å²) in [4.78, 5) is 2.42. The van der Waals surface area contributed by atoms with Gasteiger partial charge in [-0.3, -0.25) is 4.90 Å². The van der Waals surface area contributed by atoms with Crippen molar-refractivity contribution in [2.75, 3.05) is 26.2 Å². The minimum absolute atomic E-state index is 0.597. The summed E-state index contributed by atoms with van der Waals surface area (Å²) in [5.41, 5.74) is 1.42. The van der Waals surface area contributed by atoms with Gasteiger partial charge in [-0.05, 0) is 69.3 Å². The average molecular weight is 367 g/mol. The van der Waals surface area contributed by atoms with Crippen LogP contribution in [0.4, 0.5) is 13.2 Å². The van der Waals surface area contributed by atoms with Gasteiger partial charge in [-0.2, -0.15) is 13.2 Å². The Morgan fingerprint density at radius 2 is 1.50 bits per heavy atom. The summed E-state index contributed by atoms with van der Waals surface area (Å²) in [7, 11) is 0. The van der Waals surface area contributed by atoms with Crippen molar-refractivity contribution in [1.82, 2.24) is 4.90 Å². The molecule has 0 amide bonds. The van der Waals surface area contributed by atoms with Crippen LogP contribution in [0.3, 0.4) is 0 Å². The lowest BCUT2D eigenvalue weighted by atomic mass is 9.92. The topological polar surface area (TPSA) is 12.5 Å². The van der Waals surface area contributed by atoms with Crippen LogP contribution in [-0.2, 0) is 10.9 Å². The molecule has 0 radical (unpaired) electrons. The lowest BCUT2D eigenvalue weighted by molar-refractivity contribution is -0.137. The fourth-order valence-corrected chi connectivity index (χ4v) is 3.87. The van der Waals surface area contributed by atoms with Crippen molar-refractivity contribution >= 4 is 5.76 Å². The predicted molar refractivity (Wildman–Crippen MR) is 97.7 cm³/mol. The molecule has 2 aliphatic rings. The highest BCUT2D eigenvalue weighted by atomic mass is 19.4. The van der Waals surface area contributed by atoms with Gasteiger partial charge < -0.3 is 4.74 Å². The van der Waals surface area contributed by atoms with Gasteiger partial charge in [0.25, 0.3) is 0 Å². The van der Waals surface area contributed by atoms with Crippen molar-refractivity contribution in [2.45, 2.75) is 57.5 Å². The molecule has 144 valence electrons. The van der Waals surface area contributed by atoms with E-state index in [-0.39, 0.29) is 0 Å². The molecule has 1 aliphatic heterocycles. The van der Waals surface area contributed by atoms with E-state index in [4.69, 9.17) is 4.74 Å². The van der Waals surface area contributed by atoms with Crippen LogP contribution < -0.4 is 0 Å². The number of allylic oxidation sites excluding steroid dienone is 1. The SMILES string of the molecule is FC(F)(F)c1ccc(C(OCCN2CCCCC2)=C2CCCCC2)cc1. The highest BCUT2D eigenvalue weighted by molar-refractivity contribution is 5.63. The molecule has 26 heavy (non-hydrogen) atoms. The number of benzene rings is 1. The van der Waals surface area contributed by atoms with E-state index in [0.29, 0.717) is 6.61 Å². The molecule has 0 aromatic heterocycles. The summed E-state index contributed by atoms with van der Waals surface area (Å²) in [6.45, 7) is 3.72. The zero-order valence-corrected chi connectivity index (χ0v) is 15.3. The zero-order valence-electron chi connectivity index (χ0n) is 15.3. The standard InChI is InChI=1S/C21H28F3NO/c22-21(23,24)19-11-9-18(10-12-19)20(17-7-3-1-4-8-17)26-16-15-25-13-5-2-6-14-25/h9-12H,1-8,13-16H2. The second-order valence-electron chi connectivity index (χ2n) is 7.32. The molecule has 0 spiro atoms. The van der Waals surface area contributed by atoms with Crippen LogP contribution >= 0.6 is 0 Å². The summed E-state index contributed by atoms with van der Waals surface area (Å²) in [5.74, 6) is 0.815. The maximum absolute atomic E-state index is 12.8. The van der Waals surface area contributed by atoms with E-state index in [1.54, 1.807) is 12.1 Å². The normalized spacial score (nSPS) is 19.4. The first-order valence-corrected chi connectivity index (χ1v) is 9.79. The molecule has 3 rings (SSSR count). The summed E-state index contributed by atoms with van der Waals surface area (Å²) in [5, 5.41) is 0. The minimum atomic E-state index is -4.30. The lowest BCUT2D eigenvalue weighted by Crippen LogP contribution is -2.32. The Balaban J connectivity index is 1.71. The van der Waals surface area contributed by atoms with Gasteiger partial charge in [-0.15, -0.1) is 0 Å². The molecule has 1 saturated carbocycles. The highest BCUT2D eigenvalue weighted by Crippen LogP contribution is 2.34. The molecule has 1 aromatic carbocycles. The van der Waals surface area contributed by atoms with E-state index in [1.165, 1.54) is 31.3 Å². The molecular formula is C21H28F3NO. The number of alkyl halides is 3. The lowest BCUT2D eigenvalue weighted by Gasteiger charge is -2.27. The Morgan fingerprint density at radius 1 is 0.885 bits per heavy atom. The van der Waals surface area contributed by atoms with Crippen LogP contribution in [0.1, 0.15) is 62.5 Å². The third-order valence-corrected chi connectivity index (χ3v) is 5.36. The van der Waals surface area contributed by atoms with Gasteiger partial charge in [0.05, 0.1) is 5.56 Å². The summed E-state index contributed by atoms with van der Waals surface area (Å²) < 4.78 is 44.7. The van der Waals surface area contributed by atoms with Crippen molar-refractivity contribution < 1.29 is 17.9 Å². The first-order valence-electron chi connectivity index (χ1n) is 9.79. The summed E-state index contributed by atoms with van der Waals surface area (Å²) in [6.07, 6.45) is 4.95. The van der Waals surface area contributed by atoms with E-state index in [0.717, 1.165) is 68.8 Å². The first-order chi connectivity index (χ1) is 12.5. The van der Waals surface area contributed by atoms with Gasteiger partial charge in [0.15, 0.2) is 0 Å². The van der Waals surface area contributed by atoms with Crippen LogP contribution in [0.15, 0.2) is 29.8 Å². The third-order valence-electron chi connectivity index (χ3n) is 5.36. The molecule has 0 N–H and O–H groups in total. The van der Waals surface area contributed by atoms with Crippen LogP contribution in [0.25, 0.3) is 5.76 Å². The van der Waals surface area contributed by atoms with Gasteiger partial charge in [-0.25, -0.2) is 0 Å². The first kappa shape index (κ1) is 19.3. The van der Waals surface area contributed by atoms with Gasteiger partial charge in [0.2, 0.25) is 0 Å². The molecule has 0 unspecified atom stereocenters. The van der Waals surface area contributed by atoms with E-state index in [2.05, 4.69) is 4.90 Å². The fourth-order valence-electron chi connectivity index (χ4n) is 3.87. The molecule has 2 nitrogen and oxygen atoms in total. The van der Waals surface area contributed by atoms with Crippen molar-refractivity contribution in [3.63, 3.8) is 0 Å². The molecule has 5 heteroatoms. The van der Waals surface area contributed by atoms with Crippen LogP contribution in [0.2, 0.25) is 0 Å². The molecule has 1 aromatic rings. The Morgan fingerprint density at radius 3 is 2.12 bits per heavy atom. The second kappa shape index (κ2) is 8.94. The number of rotatable bonds is 5. The summed E-state index contributed by atoms with van der Waals surface area (Å²) >= 11 is 0. The fraction of sp³-hybridized carbons (Fsp3) is 0.619. The Kier molecular flexibility index (Phi) is 6.63. The molecule has 0 atom stereocenters. The molecule has 2 fully saturated rings. The zero-order chi connectivity index (χ0) is 18.4. The minimum Gasteiger partial charge on any atom is -0.492 e. The van der Waals surface area contributed by atoms with Crippen molar-refractivity contribution in [3.05, 3.63) is 41.0 Å². The quantitative estimate of drug-likeness (QED) is 0.602. The molecular weight excluding hydrogens is 339 g/mol. The van der Waals surface area contributed by atoms with E-state index in [1.807, 2.05) is 0 Å². The van der Waals surface area contributed by atoms with Gasteiger partial charge in [0.1, 0.15) is 12.4 Å². The van der Waals surface area contributed by atoms with Crippen LogP contribution in [-0.4, -0.2) is 31.1 Å². The highest BCUT2D eigenvalue weighted by Gasteiger charge is 2.30. The van der Waals surface area contributed by atoms with E-state index < -0.39 is 11.7 Å².